The molecular weight excluding hydrogens is 391 g/mol. The van der Waals surface area contributed by atoms with E-state index < -0.39 is 6.04 Å². The molecule has 0 unspecified atom stereocenters. The van der Waals surface area contributed by atoms with E-state index in [2.05, 4.69) is 5.32 Å². The predicted molar refractivity (Wildman–Crippen MR) is 121 cm³/mol. The average molecular weight is 425 g/mol. The van der Waals surface area contributed by atoms with Crippen LogP contribution in [-0.4, -0.2) is 28.8 Å². The van der Waals surface area contributed by atoms with E-state index >= 15 is 0 Å². The molecular formula is C26H33FN2O2. The van der Waals surface area contributed by atoms with Crippen molar-refractivity contribution in [3.8, 4) is 0 Å². The van der Waals surface area contributed by atoms with Gasteiger partial charge in [0, 0.05) is 12.6 Å². The van der Waals surface area contributed by atoms with Crippen LogP contribution in [-0.2, 0) is 22.6 Å². The molecule has 5 heteroatoms. The van der Waals surface area contributed by atoms with E-state index in [1.807, 2.05) is 39.0 Å². The van der Waals surface area contributed by atoms with Gasteiger partial charge in [0.05, 0.1) is 6.42 Å². The van der Waals surface area contributed by atoms with Gasteiger partial charge in [0.15, 0.2) is 0 Å². The Morgan fingerprint density at radius 3 is 2.42 bits per heavy atom. The van der Waals surface area contributed by atoms with E-state index in [9.17, 15) is 14.0 Å². The van der Waals surface area contributed by atoms with Gasteiger partial charge in [-0.1, -0.05) is 55.7 Å². The van der Waals surface area contributed by atoms with Gasteiger partial charge in [-0.15, -0.1) is 0 Å². The highest BCUT2D eigenvalue weighted by Gasteiger charge is 2.30. The summed E-state index contributed by atoms with van der Waals surface area (Å²) < 4.78 is 13.4. The minimum Gasteiger partial charge on any atom is -0.352 e. The lowest BCUT2D eigenvalue weighted by molar-refractivity contribution is -0.141. The molecule has 2 aromatic rings. The Kier molecular flexibility index (Phi) is 7.83. The van der Waals surface area contributed by atoms with Gasteiger partial charge < -0.3 is 10.2 Å². The van der Waals surface area contributed by atoms with Crippen LogP contribution < -0.4 is 5.32 Å². The van der Waals surface area contributed by atoms with Gasteiger partial charge in [0.2, 0.25) is 11.8 Å². The van der Waals surface area contributed by atoms with Crippen LogP contribution in [0.4, 0.5) is 4.39 Å². The number of rotatable bonds is 8. The van der Waals surface area contributed by atoms with Crippen molar-refractivity contribution in [1.29, 1.82) is 0 Å². The number of nitrogens with one attached hydrogen (secondary N) is 1. The van der Waals surface area contributed by atoms with Crippen LogP contribution >= 0.6 is 0 Å². The van der Waals surface area contributed by atoms with Crippen LogP contribution in [0.1, 0.15) is 61.3 Å². The van der Waals surface area contributed by atoms with Crippen molar-refractivity contribution in [2.24, 2.45) is 0 Å². The molecule has 166 valence electrons. The quantitative estimate of drug-likeness (QED) is 0.658. The summed E-state index contributed by atoms with van der Waals surface area (Å²) in [4.78, 5) is 28.3. The number of amides is 2. The number of carbonyl (C=O) groups excluding carboxylic acids is 2. The number of hydrogen-bond donors (Lipinski definition) is 1. The second kappa shape index (κ2) is 10.6. The number of hydrogen-bond acceptors (Lipinski definition) is 2. The first-order chi connectivity index (χ1) is 14.9. The molecule has 0 aliphatic heterocycles. The van der Waals surface area contributed by atoms with E-state index in [1.165, 1.54) is 12.1 Å². The maximum Gasteiger partial charge on any atom is 0.243 e. The first-order valence-electron chi connectivity index (χ1n) is 11.3. The number of aryl methyl sites for hydroxylation is 2. The SMILES string of the molecule is CC[C@H](C(=O)NC1CCCC1)N(Cc1ccc(F)cc1)C(=O)Cc1cc(C)ccc1C. The number of benzene rings is 2. The van der Waals surface area contributed by atoms with E-state index in [0.717, 1.165) is 47.9 Å². The number of halogens is 1. The zero-order chi connectivity index (χ0) is 22.4. The topological polar surface area (TPSA) is 49.4 Å². The zero-order valence-corrected chi connectivity index (χ0v) is 18.8. The Bertz CT molecular complexity index is 904. The third-order valence-corrected chi connectivity index (χ3v) is 6.20. The minimum atomic E-state index is -0.553. The van der Waals surface area contributed by atoms with Crippen molar-refractivity contribution < 1.29 is 14.0 Å². The second-order valence-electron chi connectivity index (χ2n) is 8.67. The summed E-state index contributed by atoms with van der Waals surface area (Å²) in [5, 5.41) is 3.15. The fourth-order valence-corrected chi connectivity index (χ4v) is 4.33. The molecule has 0 bridgehead atoms. The van der Waals surface area contributed by atoms with Gasteiger partial charge in [-0.05, 0) is 61.9 Å². The first kappa shape index (κ1) is 23.0. The molecule has 31 heavy (non-hydrogen) atoms. The molecule has 0 aromatic heterocycles. The van der Waals surface area contributed by atoms with Crippen LogP contribution in [0.3, 0.4) is 0 Å². The fourth-order valence-electron chi connectivity index (χ4n) is 4.33. The summed E-state index contributed by atoms with van der Waals surface area (Å²) in [5.41, 5.74) is 3.94. The molecule has 1 saturated carbocycles. The highest BCUT2D eigenvalue weighted by Crippen LogP contribution is 2.20. The highest BCUT2D eigenvalue weighted by molar-refractivity contribution is 5.88. The largest absolute Gasteiger partial charge is 0.352 e. The summed E-state index contributed by atoms with van der Waals surface area (Å²) in [5.74, 6) is -0.500. The van der Waals surface area contributed by atoms with Gasteiger partial charge in [0.25, 0.3) is 0 Å². The van der Waals surface area contributed by atoms with Crippen molar-refractivity contribution in [2.45, 2.75) is 77.9 Å². The molecule has 0 heterocycles. The van der Waals surface area contributed by atoms with Crippen molar-refractivity contribution in [2.75, 3.05) is 0 Å². The average Bonchev–Trinajstić information content (AvgIpc) is 3.25. The van der Waals surface area contributed by atoms with Gasteiger partial charge in [0.1, 0.15) is 11.9 Å². The van der Waals surface area contributed by atoms with Crippen LogP contribution in [0.5, 0.6) is 0 Å². The molecule has 1 aliphatic carbocycles. The second-order valence-corrected chi connectivity index (χ2v) is 8.67. The molecule has 1 atom stereocenters. The molecule has 1 aliphatic rings. The summed E-state index contributed by atoms with van der Waals surface area (Å²) >= 11 is 0. The number of nitrogens with zero attached hydrogens (tertiary/aromatic N) is 1. The van der Waals surface area contributed by atoms with Gasteiger partial charge in [-0.2, -0.15) is 0 Å². The summed E-state index contributed by atoms with van der Waals surface area (Å²) in [6.07, 6.45) is 5.02. The maximum absolute atomic E-state index is 13.5. The monoisotopic (exact) mass is 424 g/mol. The maximum atomic E-state index is 13.5. The van der Waals surface area contributed by atoms with Crippen LogP contribution in [0.25, 0.3) is 0 Å². The van der Waals surface area contributed by atoms with Crippen LogP contribution in [0.2, 0.25) is 0 Å². The third-order valence-electron chi connectivity index (χ3n) is 6.20. The molecule has 4 nitrogen and oxygen atoms in total. The summed E-state index contributed by atoms with van der Waals surface area (Å²) in [6, 6.07) is 11.9. The summed E-state index contributed by atoms with van der Waals surface area (Å²) in [6.45, 7) is 6.21. The molecule has 1 fully saturated rings. The molecule has 3 rings (SSSR count). The fraction of sp³-hybridized carbons (Fsp3) is 0.462. The van der Waals surface area contributed by atoms with Crippen LogP contribution in [0.15, 0.2) is 42.5 Å². The molecule has 2 aromatic carbocycles. The zero-order valence-electron chi connectivity index (χ0n) is 18.8. The Hall–Kier alpha value is -2.69. The van der Waals surface area contributed by atoms with E-state index in [4.69, 9.17) is 0 Å². The van der Waals surface area contributed by atoms with Crippen molar-refractivity contribution in [3.05, 3.63) is 70.5 Å². The predicted octanol–water partition coefficient (Wildman–Crippen LogP) is 4.85. The standard InChI is InChI=1S/C26H33FN2O2/c1-4-24(26(31)28-23-7-5-6-8-23)29(17-20-11-13-22(27)14-12-20)25(30)16-21-15-18(2)9-10-19(21)3/h9-15,23-24H,4-8,16-17H2,1-3H3,(H,28,31)/t24-/m1/s1. The van der Waals surface area contributed by atoms with Crippen LogP contribution in [0, 0.1) is 19.7 Å². The first-order valence-corrected chi connectivity index (χ1v) is 11.3. The van der Waals surface area contributed by atoms with Gasteiger partial charge >= 0.3 is 0 Å². The third kappa shape index (κ3) is 6.16. The smallest absolute Gasteiger partial charge is 0.243 e. The molecule has 0 radical (unpaired) electrons. The lowest BCUT2D eigenvalue weighted by Crippen LogP contribution is -2.51. The Balaban J connectivity index is 1.84. The van der Waals surface area contributed by atoms with Crippen molar-refractivity contribution in [1.82, 2.24) is 10.2 Å². The Morgan fingerprint density at radius 1 is 1.10 bits per heavy atom. The minimum absolute atomic E-state index is 0.0913. The van der Waals surface area contributed by atoms with Crippen molar-refractivity contribution in [3.63, 3.8) is 0 Å². The van der Waals surface area contributed by atoms with E-state index in [1.54, 1.807) is 17.0 Å². The van der Waals surface area contributed by atoms with E-state index in [0.29, 0.717) is 6.42 Å². The number of carbonyl (C=O) groups is 2. The lowest BCUT2D eigenvalue weighted by atomic mass is 10.0. The molecule has 2 amide bonds. The normalized spacial score (nSPS) is 15.0. The highest BCUT2D eigenvalue weighted by atomic mass is 19.1. The molecule has 0 spiro atoms. The summed E-state index contributed by atoms with van der Waals surface area (Å²) in [7, 11) is 0. The van der Waals surface area contributed by atoms with Gasteiger partial charge in [-0.3, -0.25) is 9.59 Å². The molecule has 1 N–H and O–H groups in total. The Labute approximate surface area is 184 Å². The van der Waals surface area contributed by atoms with Gasteiger partial charge in [-0.25, -0.2) is 4.39 Å². The molecule has 0 saturated heterocycles. The lowest BCUT2D eigenvalue weighted by Gasteiger charge is -2.32. The van der Waals surface area contributed by atoms with Crippen molar-refractivity contribution >= 4 is 11.8 Å². The Morgan fingerprint density at radius 2 is 1.77 bits per heavy atom. The van der Waals surface area contributed by atoms with E-state index in [-0.39, 0.29) is 36.6 Å².